The number of nitriles is 1. The Morgan fingerprint density at radius 3 is 2.90 bits per heavy atom. The molecule has 0 spiro atoms. The van der Waals surface area contributed by atoms with Gasteiger partial charge in [0.25, 0.3) is 0 Å². The quantitative estimate of drug-likeness (QED) is 0.860. The van der Waals surface area contributed by atoms with Gasteiger partial charge >= 0.3 is 0 Å². The van der Waals surface area contributed by atoms with Crippen LogP contribution in [-0.2, 0) is 13.0 Å². The number of aryl methyl sites for hydroxylation is 1. The van der Waals surface area contributed by atoms with Crippen molar-refractivity contribution in [3.8, 4) is 11.8 Å². The normalized spacial score (nSPS) is 13.4. The number of ketones is 1. The second kappa shape index (κ2) is 5.80. The third-order valence-corrected chi connectivity index (χ3v) is 3.69. The number of hydrogen-bond donors (Lipinski definition) is 0. The molecule has 104 valence electrons. The van der Waals surface area contributed by atoms with E-state index in [1.54, 1.807) is 6.07 Å². The van der Waals surface area contributed by atoms with Gasteiger partial charge < -0.3 is 4.74 Å². The molecule has 0 heterocycles. The van der Waals surface area contributed by atoms with Crippen LogP contribution in [0.15, 0.2) is 42.5 Å². The molecule has 21 heavy (non-hydrogen) atoms. The summed E-state index contributed by atoms with van der Waals surface area (Å²) < 4.78 is 5.77. The first-order valence-corrected chi connectivity index (χ1v) is 7.04. The maximum atomic E-state index is 11.8. The molecule has 0 N–H and O–H groups in total. The third-order valence-electron chi connectivity index (χ3n) is 3.69. The van der Waals surface area contributed by atoms with Crippen molar-refractivity contribution in [2.75, 3.05) is 0 Å². The van der Waals surface area contributed by atoms with Crippen molar-refractivity contribution >= 4 is 5.78 Å². The summed E-state index contributed by atoms with van der Waals surface area (Å²) in [6.07, 6.45) is 2.50. The molecule has 3 heteroatoms. The van der Waals surface area contributed by atoms with E-state index in [1.807, 2.05) is 36.4 Å². The minimum atomic E-state index is 0.226. The highest BCUT2D eigenvalue weighted by Gasteiger charge is 2.17. The van der Waals surface area contributed by atoms with Gasteiger partial charge in [-0.25, -0.2) is 0 Å². The van der Waals surface area contributed by atoms with Crippen LogP contribution in [0.1, 0.15) is 39.9 Å². The molecule has 0 atom stereocenters. The highest BCUT2D eigenvalue weighted by atomic mass is 16.5. The van der Waals surface area contributed by atoms with Gasteiger partial charge in [-0.3, -0.25) is 4.79 Å². The van der Waals surface area contributed by atoms with E-state index in [-0.39, 0.29) is 5.78 Å². The predicted octanol–water partition coefficient (Wildman–Crippen LogP) is 3.66. The van der Waals surface area contributed by atoms with Crippen LogP contribution in [0.3, 0.4) is 0 Å². The number of fused-ring (bicyclic) bond motifs is 1. The van der Waals surface area contributed by atoms with Crippen molar-refractivity contribution in [2.45, 2.75) is 25.9 Å². The maximum Gasteiger partial charge on any atom is 0.163 e. The van der Waals surface area contributed by atoms with Crippen molar-refractivity contribution in [1.29, 1.82) is 5.26 Å². The van der Waals surface area contributed by atoms with Crippen molar-refractivity contribution < 1.29 is 9.53 Å². The van der Waals surface area contributed by atoms with Crippen LogP contribution < -0.4 is 4.74 Å². The number of Topliss-reactive ketones (excluding diaryl/α,β-unsaturated/α-hetero) is 1. The second-order valence-corrected chi connectivity index (χ2v) is 5.20. The van der Waals surface area contributed by atoms with Crippen LogP contribution in [0.2, 0.25) is 0 Å². The highest BCUT2D eigenvalue weighted by molar-refractivity contribution is 5.98. The van der Waals surface area contributed by atoms with Gasteiger partial charge in [-0.1, -0.05) is 12.1 Å². The van der Waals surface area contributed by atoms with E-state index in [0.29, 0.717) is 18.6 Å². The fourth-order valence-corrected chi connectivity index (χ4v) is 2.61. The van der Waals surface area contributed by atoms with Gasteiger partial charge in [0, 0.05) is 12.0 Å². The smallest absolute Gasteiger partial charge is 0.163 e. The summed E-state index contributed by atoms with van der Waals surface area (Å²) in [5, 5.41) is 8.88. The van der Waals surface area contributed by atoms with Crippen molar-refractivity contribution in [1.82, 2.24) is 0 Å². The molecule has 3 rings (SSSR count). The average Bonchev–Trinajstić information content (AvgIpc) is 2.53. The van der Waals surface area contributed by atoms with Gasteiger partial charge in [0.05, 0.1) is 11.6 Å². The van der Waals surface area contributed by atoms with Crippen LogP contribution in [-0.4, -0.2) is 5.78 Å². The van der Waals surface area contributed by atoms with Crippen molar-refractivity contribution in [2.24, 2.45) is 0 Å². The summed E-state index contributed by atoms with van der Waals surface area (Å²) in [5.74, 6) is 0.996. The summed E-state index contributed by atoms with van der Waals surface area (Å²) >= 11 is 0. The van der Waals surface area contributed by atoms with E-state index in [1.165, 1.54) is 0 Å². The Kier molecular flexibility index (Phi) is 3.70. The molecule has 0 aromatic heterocycles. The summed E-state index contributed by atoms with van der Waals surface area (Å²) in [7, 11) is 0. The number of nitrogens with zero attached hydrogens (tertiary/aromatic N) is 1. The Morgan fingerprint density at radius 2 is 2.05 bits per heavy atom. The third kappa shape index (κ3) is 2.95. The minimum absolute atomic E-state index is 0.226. The Labute approximate surface area is 123 Å². The molecular formula is C18H15NO2. The van der Waals surface area contributed by atoms with Crippen LogP contribution in [0.5, 0.6) is 5.75 Å². The van der Waals surface area contributed by atoms with Gasteiger partial charge in [-0.05, 0) is 54.3 Å². The molecule has 0 fully saturated rings. The monoisotopic (exact) mass is 277 g/mol. The van der Waals surface area contributed by atoms with E-state index in [0.717, 1.165) is 35.3 Å². The number of ether oxygens (including phenoxy) is 1. The molecule has 1 aliphatic carbocycles. The zero-order chi connectivity index (χ0) is 14.7. The molecule has 0 saturated carbocycles. The fraction of sp³-hybridized carbons (Fsp3) is 0.222. The van der Waals surface area contributed by atoms with Gasteiger partial charge in [-0.2, -0.15) is 5.26 Å². The lowest BCUT2D eigenvalue weighted by Gasteiger charge is -2.16. The molecule has 1 aliphatic rings. The Balaban J connectivity index is 1.74. The van der Waals surface area contributed by atoms with Crippen LogP contribution in [0.25, 0.3) is 0 Å². The lowest BCUT2D eigenvalue weighted by Crippen LogP contribution is -2.10. The molecule has 0 radical (unpaired) electrons. The van der Waals surface area contributed by atoms with E-state index in [2.05, 4.69) is 6.07 Å². The first-order valence-electron chi connectivity index (χ1n) is 7.04. The lowest BCUT2D eigenvalue weighted by molar-refractivity contribution is 0.0972. The fourth-order valence-electron chi connectivity index (χ4n) is 2.61. The zero-order valence-corrected chi connectivity index (χ0v) is 11.6. The molecule has 2 aromatic carbocycles. The van der Waals surface area contributed by atoms with Crippen molar-refractivity contribution in [3.63, 3.8) is 0 Å². The topological polar surface area (TPSA) is 50.1 Å². The zero-order valence-electron chi connectivity index (χ0n) is 11.6. The largest absolute Gasteiger partial charge is 0.489 e. The summed E-state index contributed by atoms with van der Waals surface area (Å²) in [4.78, 5) is 11.8. The number of carbonyl (C=O) groups excluding carboxylic acids is 1. The van der Waals surface area contributed by atoms with E-state index < -0.39 is 0 Å². The van der Waals surface area contributed by atoms with E-state index >= 15 is 0 Å². The second-order valence-electron chi connectivity index (χ2n) is 5.20. The van der Waals surface area contributed by atoms with E-state index in [4.69, 9.17) is 10.00 Å². The van der Waals surface area contributed by atoms with Crippen LogP contribution >= 0.6 is 0 Å². The van der Waals surface area contributed by atoms with Crippen molar-refractivity contribution in [3.05, 3.63) is 64.7 Å². The van der Waals surface area contributed by atoms with Gasteiger partial charge in [0.15, 0.2) is 5.78 Å². The molecule has 0 saturated heterocycles. The Bertz CT molecular complexity index is 728. The summed E-state index contributed by atoms with van der Waals surface area (Å²) in [6.45, 7) is 0.419. The molecule has 0 bridgehead atoms. The number of benzene rings is 2. The SMILES string of the molecule is N#Cc1cccc(COc2ccc3c(c2)CCCC3=O)c1. The molecular weight excluding hydrogens is 262 g/mol. The Morgan fingerprint density at radius 1 is 1.14 bits per heavy atom. The van der Waals surface area contributed by atoms with Crippen LogP contribution in [0, 0.1) is 11.3 Å². The molecule has 0 aliphatic heterocycles. The first kappa shape index (κ1) is 13.4. The number of hydrogen-bond acceptors (Lipinski definition) is 3. The highest BCUT2D eigenvalue weighted by Crippen LogP contribution is 2.25. The number of rotatable bonds is 3. The molecule has 0 unspecified atom stereocenters. The maximum absolute atomic E-state index is 11.8. The molecule has 0 amide bonds. The predicted molar refractivity (Wildman–Crippen MR) is 79.2 cm³/mol. The standard InChI is InChI=1S/C18H15NO2/c19-11-13-3-1-4-14(9-13)12-21-16-7-8-17-15(10-16)5-2-6-18(17)20/h1,3-4,7-10H,2,5-6,12H2. The molecule has 2 aromatic rings. The first-order chi connectivity index (χ1) is 10.3. The molecule has 3 nitrogen and oxygen atoms in total. The Hall–Kier alpha value is -2.60. The summed E-state index contributed by atoms with van der Waals surface area (Å²) in [5.41, 5.74) is 3.50. The lowest BCUT2D eigenvalue weighted by atomic mass is 9.90. The minimum Gasteiger partial charge on any atom is -0.489 e. The average molecular weight is 277 g/mol. The van der Waals surface area contributed by atoms with Gasteiger partial charge in [-0.15, -0.1) is 0 Å². The van der Waals surface area contributed by atoms with Gasteiger partial charge in [0.1, 0.15) is 12.4 Å². The summed E-state index contributed by atoms with van der Waals surface area (Å²) in [6, 6.07) is 15.2. The number of carbonyl (C=O) groups is 1. The van der Waals surface area contributed by atoms with Gasteiger partial charge in [0.2, 0.25) is 0 Å². The van der Waals surface area contributed by atoms with E-state index in [9.17, 15) is 4.79 Å². The van der Waals surface area contributed by atoms with Crippen LogP contribution in [0.4, 0.5) is 0 Å².